The molecule has 0 aliphatic heterocycles. The highest BCUT2D eigenvalue weighted by atomic mass is 16.6. The van der Waals surface area contributed by atoms with Crippen molar-refractivity contribution in [3.8, 4) is 11.5 Å². The molecule has 0 bridgehead atoms. The summed E-state index contributed by atoms with van der Waals surface area (Å²) in [6, 6.07) is 3.49. The number of carbonyl (C=O) groups is 4. The summed E-state index contributed by atoms with van der Waals surface area (Å²) in [7, 11) is 0. The highest BCUT2D eigenvalue weighted by Crippen LogP contribution is 2.29. The van der Waals surface area contributed by atoms with Gasteiger partial charge < -0.3 is 24.7 Å². The van der Waals surface area contributed by atoms with Crippen molar-refractivity contribution in [3.05, 3.63) is 23.8 Å². The Morgan fingerprint density at radius 3 is 1.83 bits per heavy atom. The number of ether oxygens (including phenoxy) is 4. The monoisotopic (exact) mass is 423 g/mol. The number of hydrogen-bond acceptors (Lipinski definition) is 9. The van der Waals surface area contributed by atoms with E-state index in [4.69, 9.17) is 24.7 Å². The maximum atomic E-state index is 12.3. The average Bonchev–Trinajstić information content (AvgIpc) is 2.62. The van der Waals surface area contributed by atoms with Crippen molar-refractivity contribution in [1.29, 1.82) is 0 Å². The van der Waals surface area contributed by atoms with Crippen LogP contribution in [0.25, 0.3) is 0 Å². The molecular formula is C21H29NO8. The lowest BCUT2D eigenvalue weighted by atomic mass is 10.1. The first-order chi connectivity index (χ1) is 13.9. The molecule has 0 fully saturated rings. The first-order valence-corrected chi connectivity index (χ1v) is 9.57. The topological polar surface area (TPSA) is 131 Å². The van der Waals surface area contributed by atoms with Gasteiger partial charge in [-0.2, -0.15) is 0 Å². The maximum absolute atomic E-state index is 12.3. The molecule has 0 unspecified atom stereocenters. The normalized spacial score (nSPS) is 13.7. The molecular weight excluding hydrogens is 394 g/mol. The molecule has 0 heterocycles. The van der Waals surface area contributed by atoms with Crippen molar-refractivity contribution in [3.63, 3.8) is 0 Å². The van der Waals surface area contributed by atoms with E-state index in [-0.39, 0.29) is 29.8 Å². The molecule has 0 spiro atoms. The Kier molecular flexibility index (Phi) is 9.45. The fourth-order valence-electron chi connectivity index (χ4n) is 2.27. The SMILES string of the molecule is CC(=O)Oc1ccc(C[C@H](N)C(=O)O[C@@H](C)[C@H](C)OC(=O)C(C)C)cc1OC(C)=O. The standard InChI is InChI=1S/C21H29NO8/c1-11(2)20(25)27-12(3)13(4)28-21(26)17(22)9-16-7-8-18(29-14(5)23)19(10-16)30-15(6)24/h7-8,10-13,17H,9,22H2,1-6H3/t12-,13-,17-/m0/s1. The first kappa shape index (κ1) is 25.1. The van der Waals surface area contributed by atoms with Crippen molar-refractivity contribution in [2.75, 3.05) is 0 Å². The molecule has 0 aromatic heterocycles. The summed E-state index contributed by atoms with van der Waals surface area (Å²) >= 11 is 0. The van der Waals surface area contributed by atoms with Gasteiger partial charge in [0.05, 0.1) is 5.92 Å². The zero-order valence-corrected chi connectivity index (χ0v) is 18.1. The molecule has 1 aromatic carbocycles. The molecule has 1 rings (SSSR count). The minimum atomic E-state index is -1.01. The van der Waals surface area contributed by atoms with E-state index in [9.17, 15) is 19.2 Å². The Hall–Kier alpha value is -2.94. The molecule has 9 nitrogen and oxygen atoms in total. The third-order valence-electron chi connectivity index (χ3n) is 4.01. The Bertz CT molecular complexity index is 789. The van der Waals surface area contributed by atoms with Crippen LogP contribution >= 0.6 is 0 Å². The van der Waals surface area contributed by atoms with Gasteiger partial charge in [0.15, 0.2) is 11.5 Å². The number of benzene rings is 1. The van der Waals surface area contributed by atoms with Gasteiger partial charge in [-0.15, -0.1) is 0 Å². The number of hydrogen-bond donors (Lipinski definition) is 1. The summed E-state index contributed by atoms with van der Waals surface area (Å²) in [4.78, 5) is 46.5. The third-order valence-corrected chi connectivity index (χ3v) is 4.01. The van der Waals surface area contributed by atoms with Gasteiger partial charge in [0.25, 0.3) is 0 Å². The van der Waals surface area contributed by atoms with E-state index >= 15 is 0 Å². The number of nitrogens with two attached hydrogens (primary N) is 1. The Labute approximate surface area is 175 Å². The van der Waals surface area contributed by atoms with Gasteiger partial charge in [-0.3, -0.25) is 19.2 Å². The highest BCUT2D eigenvalue weighted by molar-refractivity contribution is 5.77. The van der Waals surface area contributed by atoms with Crippen molar-refractivity contribution < 1.29 is 38.1 Å². The van der Waals surface area contributed by atoms with Crippen LogP contribution in [-0.4, -0.2) is 42.1 Å². The Morgan fingerprint density at radius 1 is 0.833 bits per heavy atom. The zero-order valence-electron chi connectivity index (χ0n) is 18.1. The third kappa shape index (κ3) is 8.20. The van der Waals surface area contributed by atoms with Crippen molar-refractivity contribution in [2.45, 2.75) is 66.2 Å². The van der Waals surface area contributed by atoms with Gasteiger partial charge >= 0.3 is 23.9 Å². The van der Waals surface area contributed by atoms with Crippen LogP contribution in [0.15, 0.2) is 18.2 Å². The lowest BCUT2D eigenvalue weighted by Gasteiger charge is -2.23. The van der Waals surface area contributed by atoms with E-state index in [0.717, 1.165) is 0 Å². The summed E-state index contributed by atoms with van der Waals surface area (Å²) in [5.74, 6) is -2.40. The van der Waals surface area contributed by atoms with Crippen LogP contribution in [0.4, 0.5) is 0 Å². The van der Waals surface area contributed by atoms with E-state index in [2.05, 4.69) is 0 Å². The van der Waals surface area contributed by atoms with Gasteiger partial charge in [-0.1, -0.05) is 19.9 Å². The first-order valence-electron chi connectivity index (χ1n) is 9.57. The Balaban J connectivity index is 2.79. The summed E-state index contributed by atoms with van der Waals surface area (Å²) in [5.41, 5.74) is 6.51. The van der Waals surface area contributed by atoms with E-state index in [0.29, 0.717) is 5.56 Å². The summed E-state index contributed by atoms with van der Waals surface area (Å²) in [6.45, 7) is 9.08. The molecule has 3 atom stereocenters. The predicted octanol–water partition coefficient (Wildman–Crippen LogP) is 1.93. The van der Waals surface area contributed by atoms with Gasteiger partial charge in [0.1, 0.15) is 18.2 Å². The van der Waals surface area contributed by atoms with Crippen LogP contribution in [0, 0.1) is 5.92 Å². The van der Waals surface area contributed by atoms with Crippen LogP contribution in [0.5, 0.6) is 11.5 Å². The number of esters is 4. The van der Waals surface area contributed by atoms with Crippen LogP contribution in [-0.2, 0) is 35.1 Å². The van der Waals surface area contributed by atoms with Crippen molar-refractivity contribution >= 4 is 23.9 Å². The zero-order chi connectivity index (χ0) is 23.0. The molecule has 0 radical (unpaired) electrons. The second-order valence-corrected chi connectivity index (χ2v) is 7.22. The molecule has 9 heteroatoms. The second-order valence-electron chi connectivity index (χ2n) is 7.22. The minimum Gasteiger partial charge on any atom is -0.459 e. The second kappa shape index (κ2) is 11.3. The summed E-state index contributed by atoms with van der Waals surface area (Å²) < 4.78 is 20.6. The Morgan fingerprint density at radius 2 is 1.33 bits per heavy atom. The van der Waals surface area contributed by atoms with E-state index in [1.807, 2.05) is 0 Å². The summed E-state index contributed by atoms with van der Waals surface area (Å²) in [5, 5.41) is 0. The van der Waals surface area contributed by atoms with Crippen LogP contribution < -0.4 is 15.2 Å². The molecule has 30 heavy (non-hydrogen) atoms. The van der Waals surface area contributed by atoms with Crippen molar-refractivity contribution in [1.82, 2.24) is 0 Å². The molecule has 0 amide bonds. The fourth-order valence-corrected chi connectivity index (χ4v) is 2.27. The molecule has 0 aliphatic rings. The molecule has 0 saturated carbocycles. The smallest absolute Gasteiger partial charge is 0.323 e. The molecule has 0 saturated heterocycles. The van der Waals surface area contributed by atoms with E-state index in [1.165, 1.54) is 26.0 Å². The quantitative estimate of drug-likeness (QED) is 0.467. The lowest BCUT2D eigenvalue weighted by molar-refractivity contribution is -0.168. The molecule has 0 aliphatic carbocycles. The van der Waals surface area contributed by atoms with Gasteiger partial charge in [-0.05, 0) is 38.0 Å². The van der Waals surface area contributed by atoms with Crippen LogP contribution in [0.1, 0.15) is 47.1 Å². The predicted molar refractivity (Wildman–Crippen MR) is 107 cm³/mol. The molecule has 1 aromatic rings. The lowest BCUT2D eigenvalue weighted by Crippen LogP contribution is -2.39. The summed E-state index contributed by atoms with van der Waals surface area (Å²) in [6.07, 6.45) is -1.23. The highest BCUT2D eigenvalue weighted by Gasteiger charge is 2.25. The molecule has 2 N–H and O–H groups in total. The minimum absolute atomic E-state index is 0.0401. The van der Waals surface area contributed by atoms with Gasteiger partial charge in [0.2, 0.25) is 0 Å². The largest absolute Gasteiger partial charge is 0.459 e. The van der Waals surface area contributed by atoms with Crippen LogP contribution in [0.3, 0.4) is 0 Å². The van der Waals surface area contributed by atoms with E-state index < -0.39 is 36.2 Å². The maximum Gasteiger partial charge on any atom is 0.323 e. The van der Waals surface area contributed by atoms with E-state index in [1.54, 1.807) is 33.8 Å². The van der Waals surface area contributed by atoms with Gasteiger partial charge in [0, 0.05) is 13.8 Å². The average molecular weight is 423 g/mol. The molecule has 166 valence electrons. The van der Waals surface area contributed by atoms with Crippen LogP contribution in [0.2, 0.25) is 0 Å². The van der Waals surface area contributed by atoms with Gasteiger partial charge in [-0.25, -0.2) is 0 Å². The number of carbonyl (C=O) groups excluding carboxylic acids is 4. The van der Waals surface area contributed by atoms with Crippen molar-refractivity contribution in [2.24, 2.45) is 11.7 Å². The fraction of sp³-hybridized carbons (Fsp3) is 0.524. The number of rotatable bonds is 9.